The summed E-state index contributed by atoms with van der Waals surface area (Å²) < 4.78 is 1.76. The van der Waals surface area contributed by atoms with Gasteiger partial charge in [0.1, 0.15) is 6.17 Å². The lowest BCUT2D eigenvalue weighted by Gasteiger charge is -2.49. The summed E-state index contributed by atoms with van der Waals surface area (Å²) in [6.07, 6.45) is 14.7. The summed E-state index contributed by atoms with van der Waals surface area (Å²) in [5.74, 6) is 0. The Morgan fingerprint density at radius 2 is 2.16 bits per heavy atom. The smallest absolute Gasteiger partial charge is 0.114 e. The molecule has 5 nitrogen and oxygen atoms in total. The highest BCUT2D eigenvalue weighted by Crippen LogP contribution is 2.52. The molecule has 0 aromatic rings. The van der Waals surface area contributed by atoms with Crippen LogP contribution in [0.3, 0.4) is 0 Å². The predicted octanol–water partition coefficient (Wildman–Crippen LogP) is 2.32. The number of aliphatic imine (C=N–C) groups is 1. The number of hydrogen-bond acceptors (Lipinski definition) is 5. The summed E-state index contributed by atoms with van der Waals surface area (Å²) in [6, 6.07) is 2.20. The van der Waals surface area contributed by atoms with Gasteiger partial charge in [-0.15, -0.1) is 0 Å². The van der Waals surface area contributed by atoms with Crippen LogP contribution in [0.25, 0.3) is 0 Å². The summed E-state index contributed by atoms with van der Waals surface area (Å²) in [6.45, 7) is 4.09. The van der Waals surface area contributed by atoms with Crippen LogP contribution in [0.15, 0.2) is 52.7 Å². The summed E-state index contributed by atoms with van der Waals surface area (Å²) >= 11 is 6.60. The molecule has 130 valence electrons. The average molecular weight is 356 g/mol. The Morgan fingerprint density at radius 3 is 2.92 bits per heavy atom. The summed E-state index contributed by atoms with van der Waals surface area (Å²) in [5.41, 5.74) is 1.99. The minimum atomic E-state index is -0.251. The van der Waals surface area contributed by atoms with Crippen molar-refractivity contribution in [2.75, 3.05) is 33.2 Å². The van der Waals surface area contributed by atoms with Crippen LogP contribution in [0.4, 0.5) is 0 Å². The van der Waals surface area contributed by atoms with Crippen LogP contribution in [-0.4, -0.2) is 65.9 Å². The van der Waals surface area contributed by atoms with Gasteiger partial charge in [0.05, 0.1) is 17.5 Å². The molecule has 0 bridgehead atoms. The number of allylic oxidation sites excluding steroid dienone is 5. The van der Waals surface area contributed by atoms with E-state index < -0.39 is 0 Å². The van der Waals surface area contributed by atoms with E-state index in [0.717, 1.165) is 38.2 Å². The standard InChI is InChI=1S/C19H22ClN5/c1-23-9-11-24(12-10-23)18-19-13-15(6-7-21)4-5-17(19)25(20)8-2-3-16(19)14-22-18/h2-6,8,14,17-18H,9-13H2,1H3/b15-6+. The Morgan fingerprint density at radius 1 is 1.36 bits per heavy atom. The molecule has 1 fully saturated rings. The number of rotatable bonds is 1. The molecule has 25 heavy (non-hydrogen) atoms. The fraction of sp³-hybridized carbons (Fsp3) is 0.474. The van der Waals surface area contributed by atoms with Crippen molar-refractivity contribution in [2.24, 2.45) is 10.4 Å². The number of halogens is 1. The Balaban J connectivity index is 1.77. The Kier molecular flexibility index (Phi) is 4.28. The molecule has 1 spiro atoms. The van der Waals surface area contributed by atoms with Crippen molar-refractivity contribution in [1.82, 2.24) is 14.2 Å². The second-order valence-electron chi connectivity index (χ2n) is 7.17. The quantitative estimate of drug-likeness (QED) is 0.535. The van der Waals surface area contributed by atoms with Crippen molar-refractivity contribution in [2.45, 2.75) is 18.6 Å². The number of piperazine rings is 1. The van der Waals surface area contributed by atoms with E-state index in [1.54, 1.807) is 10.5 Å². The highest BCUT2D eigenvalue weighted by atomic mass is 35.5. The lowest BCUT2D eigenvalue weighted by Crippen LogP contribution is -2.58. The van der Waals surface area contributed by atoms with Crippen LogP contribution in [0.5, 0.6) is 0 Å². The maximum Gasteiger partial charge on any atom is 0.114 e. The Hall–Kier alpha value is -1.87. The fourth-order valence-corrected chi connectivity index (χ4v) is 4.75. The molecule has 1 saturated heterocycles. The van der Waals surface area contributed by atoms with Crippen LogP contribution < -0.4 is 0 Å². The van der Waals surface area contributed by atoms with E-state index in [1.807, 2.05) is 24.6 Å². The first-order chi connectivity index (χ1) is 12.1. The second-order valence-corrected chi connectivity index (χ2v) is 7.56. The van der Waals surface area contributed by atoms with E-state index in [1.165, 1.54) is 5.57 Å². The zero-order chi connectivity index (χ0) is 17.4. The highest BCUT2D eigenvalue weighted by molar-refractivity contribution is 6.14. The third kappa shape index (κ3) is 2.65. The van der Waals surface area contributed by atoms with Gasteiger partial charge in [0.25, 0.3) is 0 Å². The Bertz CT molecular complexity index is 735. The van der Waals surface area contributed by atoms with Gasteiger partial charge in [-0.2, -0.15) is 5.26 Å². The molecule has 3 unspecified atom stereocenters. The van der Waals surface area contributed by atoms with Gasteiger partial charge in [-0.25, -0.2) is 0 Å². The van der Waals surface area contributed by atoms with E-state index in [-0.39, 0.29) is 17.6 Å². The average Bonchev–Trinajstić information content (AvgIpc) is 2.87. The summed E-state index contributed by atoms with van der Waals surface area (Å²) in [4.78, 5) is 9.75. The molecule has 3 atom stereocenters. The van der Waals surface area contributed by atoms with E-state index in [4.69, 9.17) is 22.0 Å². The van der Waals surface area contributed by atoms with Crippen molar-refractivity contribution in [1.29, 1.82) is 5.26 Å². The van der Waals surface area contributed by atoms with Crippen LogP contribution in [-0.2, 0) is 0 Å². The molecule has 0 radical (unpaired) electrons. The molecule has 0 amide bonds. The third-order valence-corrected chi connectivity index (χ3v) is 6.10. The van der Waals surface area contributed by atoms with Crippen molar-refractivity contribution < 1.29 is 0 Å². The molecular formula is C19H22ClN5. The van der Waals surface area contributed by atoms with Gasteiger partial charge < -0.3 is 4.90 Å². The first-order valence-electron chi connectivity index (χ1n) is 8.71. The molecule has 0 aromatic heterocycles. The molecule has 0 aromatic carbocycles. The van der Waals surface area contributed by atoms with E-state index >= 15 is 0 Å². The van der Waals surface area contributed by atoms with E-state index in [0.29, 0.717) is 0 Å². The van der Waals surface area contributed by atoms with Crippen LogP contribution in [0.2, 0.25) is 0 Å². The number of nitrogens with zero attached hydrogens (tertiary/aromatic N) is 5. The molecule has 1 aliphatic carbocycles. The Labute approximate surface area is 154 Å². The predicted molar refractivity (Wildman–Crippen MR) is 99.9 cm³/mol. The summed E-state index contributed by atoms with van der Waals surface area (Å²) in [5, 5.41) is 9.13. The lowest BCUT2D eigenvalue weighted by molar-refractivity contribution is 0.0390. The van der Waals surface area contributed by atoms with Gasteiger partial charge >= 0.3 is 0 Å². The van der Waals surface area contributed by atoms with Crippen LogP contribution >= 0.6 is 11.8 Å². The molecule has 0 saturated carbocycles. The van der Waals surface area contributed by atoms with Crippen LogP contribution in [0.1, 0.15) is 6.42 Å². The van der Waals surface area contributed by atoms with Gasteiger partial charge in [0, 0.05) is 56.4 Å². The first-order valence-corrected chi connectivity index (χ1v) is 9.04. The highest BCUT2D eigenvalue weighted by Gasteiger charge is 2.55. The van der Waals surface area contributed by atoms with Crippen molar-refractivity contribution in [3.05, 3.63) is 47.7 Å². The summed E-state index contributed by atoms with van der Waals surface area (Å²) in [7, 11) is 2.16. The largest absolute Gasteiger partial charge is 0.304 e. The topological polar surface area (TPSA) is 45.9 Å². The molecule has 4 aliphatic rings. The van der Waals surface area contributed by atoms with Crippen molar-refractivity contribution in [3.63, 3.8) is 0 Å². The molecule has 3 heterocycles. The fourth-order valence-electron chi connectivity index (χ4n) is 4.45. The maximum atomic E-state index is 9.13. The maximum absolute atomic E-state index is 9.13. The lowest BCUT2D eigenvalue weighted by atomic mass is 9.65. The molecule has 0 N–H and O–H groups in total. The zero-order valence-electron chi connectivity index (χ0n) is 14.3. The molecule has 4 rings (SSSR count). The van der Waals surface area contributed by atoms with Gasteiger partial charge in [-0.05, 0) is 30.7 Å². The first kappa shape index (κ1) is 16.6. The molecular weight excluding hydrogens is 334 g/mol. The van der Waals surface area contributed by atoms with E-state index in [9.17, 15) is 0 Å². The van der Waals surface area contributed by atoms with Gasteiger partial charge in [0.2, 0.25) is 0 Å². The van der Waals surface area contributed by atoms with Crippen molar-refractivity contribution >= 4 is 18.0 Å². The molecule has 3 aliphatic heterocycles. The van der Waals surface area contributed by atoms with Gasteiger partial charge in [-0.1, -0.05) is 18.2 Å². The van der Waals surface area contributed by atoms with Crippen molar-refractivity contribution in [3.8, 4) is 6.07 Å². The van der Waals surface area contributed by atoms with Gasteiger partial charge in [-0.3, -0.25) is 14.3 Å². The normalized spacial score (nSPS) is 36.8. The minimum Gasteiger partial charge on any atom is -0.304 e. The van der Waals surface area contributed by atoms with Gasteiger partial charge in [0.15, 0.2) is 0 Å². The monoisotopic (exact) mass is 355 g/mol. The zero-order valence-corrected chi connectivity index (χ0v) is 15.1. The van der Waals surface area contributed by atoms with E-state index in [2.05, 4.69) is 35.1 Å². The molecule has 6 heteroatoms. The minimum absolute atomic E-state index is 0.0159. The second kappa shape index (κ2) is 6.45. The SMILES string of the molecule is CN1CCN(C2N=CC3=CC=CN(Cl)C4C=C/C(=C\C#N)CC342)CC1. The number of nitriles is 1. The third-order valence-electron chi connectivity index (χ3n) is 5.77. The number of hydrogen-bond donors (Lipinski definition) is 0. The number of likely N-dealkylation sites (N-methyl/N-ethyl adjacent to an activating group) is 1. The van der Waals surface area contributed by atoms with Crippen LogP contribution in [0, 0.1) is 16.7 Å².